The molecular weight excluding hydrogens is 244 g/mol. The molecule has 2 aliphatic rings. The van der Waals surface area contributed by atoms with E-state index in [0.717, 1.165) is 11.8 Å². The third kappa shape index (κ3) is 3.42. The molecule has 1 saturated carbocycles. The van der Waals surface area contributed by atoms with Gasteiger partial charge in [0.2, 0.25) is 0 Å². The number of piperidine rings is 1. The van der Waals surface area contributed by atoms with Gasteiger partial charge in [0.05, 0.1) is 0 Å². The second-order valence-corrected chi connectivity index (χ2v) is 6.85. The van der Waals surface area contributed by atoms with Gasteiger partial charge in [0.25, 0.3) is 0 Å². The van der Waals surface area contributed by atoms with Gasteiger partial charge >= 0.3 is 0 Å². The molecule has 2 heteroatoms. The summed E-state index contributed by atoms with van der Waals surface area (Å²) in [5, 5.41) is 3.96. The highest BCUT2D eigenvalue weighted by Gasteiger charge is 2.34. The van der Waals surface area contributed by atoms with Gasteiger partial charge in [-0.1, -0.05) is 30.3 Å². The van der Waals surface area contributed by atoms with Crippen LogP contribution in [-0.2, 0) is 0 Å². The van der Waals surface area contributed by atoms with E-state index in [-0.39, 0.29) is 0 Å². The van der Waals surface area contributed by atoms with Gasteiger partial charge in [0, 0.05) is 18.6 Å². The van der Waals surface area contributed by atoms with E-state index in [4.69, 9.17) is 0 Å². The lowest BCUT2D eigenvalue weighted by Gasteiger charge is -2.36. The monoisotopic (exact) mass is 272 g/mol. The van der Waals surface area contributed by atoms with E-state index in [9.17, 15) is 0 Å². The molecule has 1 aliphatic carbocycles. The standard InChI is InChI=1S/C18H28N2/c1-14(17-9-6-12-20(2)13-17)19-18(16-10-11-16)15-7-4-3-5-8-15/h3-5,7-8,14,16-19H,6,9-13H2,1-2H3. The van der Waals surface area contributed by atoms with E-state index < -0.39 is 0 Å². The van der Waals surface area contributed by atoms with Crippen LogP contribution in [0.15, 0.2) is 30.3 Å². The van der Waals surface area contributed by atoms with Gasteiger partial charge in [0.15, 0.2) is 0 Å². The molecule has 0 radical (unpaired) electrons. The average Bonchev–Trinajstić information content (AvgIpc) is 3.30. The summed E-state index contributed by atoms with van der Waals surface area (Å²) in [7, 11) is 2.26. The molecule has 1 N–H and O–H groups in total. The first-order valence-electron chi connectivity index (χ1n) is 8.23. The van der Waals surface area contributed by atoms with Crippen LogP contribution in [-0.4, -0.2) is 31.1 Å². The second kappa shape index (κ2) is 6.28. The molecule has 1 heterocycles. The van der Waals surface area contributed by atoms with Crippen molar-refractivity contribution in [3.05, 3.63) is 35.9 Å². The highest BCUT2D eigenvalue weighted by Crippen LogP contribution is 2.41. The fourth-order valence-electron chi connectivity index (χ4n) is 3.63. The predicted octanol–water partition coefficient (Wildman–Crippen LogP) is 3.46. The Bertz CT molecular complexity index is 413. The van der Waals surface area contributed by atoms with Crippen molar-refractivity contribution in [2.24, 2.45) is 11.8 Å². The fourth-order valence-corrected chi connectivity index (χ4v) is 3.63. The molecule has 0 aromatic heterocycles. The summed E-state index contributed by atoms with van der Waals surface area (Å²) >= 11 is 0. The highest BCUT2D eigenvalue weighted by atomic mass is 15.1. The lowest BCUT2D eigenvalue weighted by Crippen LogP contribution is -2.44. The van der Waals surface area contributed by atoms with Crippen molar-refractivity contribution in [3.63, 3.8) is 0 Å². The SMILES string of the molecule is CC(NC(c1ccccc1)C1CC1)C1CCCN(C)C1. The van der Waals surface area contributed by atoms with Crippen molar-refractivity contribution in [2.45, 2.75) is 44.7 Å². The first-order valence-corrected chi connectivity index (χ1v) is 8.23. The van der Waals surface area contributed by atoms with Gasteiger partial charge in [-0.2, -0.15) is 0 Å². The van der Waals surface area contributed by atoms with Gasteiger partial charge in [-0.25, -0.2) is 0 Å². The molecule has 3 rings (SSSR count). The van der Waals surface area contributed by atoms with E-state index in [2.05, 4.69) is 54.5 Å². The molecule has 2 nitrogen and oxygen atoms in total. The van der Waals surface area contributed by atoms with Gasteiger partial charge in [-0.15, -0.1) is 0 Å². The predicted molar refractivity (Wildman–Crippen MR) is 84.7 cm³/mol. The van der Waals surface area contributed by atoms with Gasteiger partial charge in [-0.3, -0.25) is 0 Å². The van der Waals surface area contributed by atoms with E-state index in [0.29, 0.717) is 12.1 Å². The largest absolute Gasteiger partial charge is 0.307 e. The maximum Gasteiger partial charge on any atom is 0.0351 e. The molecule has 3 unspecified atom stereocenters. The van der Waals surface area contributed by atoms with Gasteiger partial charge in [0.1, 0.15) is 0 Å². The molecule has 20 heavy (non-hydrogen) atoms. The van der Waals surface area contributed by atoms with Crippen LogP contribution in [0.5, 0.6) is 0 Å². The minimum Gasteiger partial charge on any atom is -0.307 e. The first kappa shape index (κ1) is 14.1. The lowest BCUT2D eigenvalue weighted by atomic mass is 9.90. The Hall–Kier alpha value is -0.860. The zero-order valence-corrected chi connectivity index (χ0v) is 12.9. The minimum absolute atomic E-state index is 0.568. The number of nitrogens with one attached hydrogen (secondary N) is 1. The molecule has 110 valence electrons. The summed E-state index contributed by atoms with van der Waals surface area (Å²) in [5.41, 5.74) is 1.48. The second-order valence-electron chi connectivity index (χ2n) is 6.85. The Labute approximate surface area is 123 Å². The topological polar surface area (TPSA) is 15.3 Å². The highest BCUT2D eigenvalue weighted by molar-refractivity contribution is 5.21. The molecule has 1 saturated heterocycles. The smallest absolute Gasteiger partial charge is 0.0351 e. The van der Waals surface area contributed by atoms with Gasteiger partial charge in [-0.05, 0) is 63.6 Å². The molecule has 1 aromatic carbocycles. The lowest BCUT2D eigenvalue weighted by molar-refractivity contribution is 0.170. The van der Waals surface area contributed by atoms with Crippen LogP contribution in [0.1, 0.15) is 44.2 Å². The summed E-state index contributed by atoms with van der Waals surface area (Å²) < 4.78 is 0. The molecule has 1 aromatic rings. The van der Waals surface area contributed by atoms with E-state index >= 15 is 0 Å². The molecule has 0 bridgehead atoms. The van der Waals surface area contributed by atoms with E-state index in [1.807, 2.05) is 0 Å². The van der Waals surface area contributed by atoms with E-state index in [1.54, 1.807) is 0 Å². The minimum atomic E-state index is 0.568. The summed E-state index contributed by atoms with van der Waals surface area (Å²) in [4.78, 5) is 2.49. The third-order valence-electron chi connectivity index (χ3n) is 5.06. The molecule has 1 aliphatic heterocycles. The molecule has 0 spiro atoms. The summed E-state index contributed by atoms with van der Waals surface area (Å²) in [5.74, 6) is 1.67. The van der Waals surface area contributed by atoms with Crippen molar-refractivity contribution in [3.8, 4) is 0 Å². The Kier molecular flexibility index (Phi) is 4.42. The number of likely N-dealkylation sites (tertiary alicyclic amines) is 1. The fraction of sp³-hybridized carbons (Fsp3) is 0.667. The number of hydrogen-bond donors (Lipinski definition) is 1. The first-order chi connectivity index (χ1) is 9.74. The summed E-state index contributed by atoms with van der Waals surface area (Å²) in [6.45, 7) is 4.91. The number of nitrogens with zero attached hydrogens (tertiary/aromatic N) is 1. The molecule has 0 amide bonds. The normalized spacial score (nSPS) is 27.2. The van der Waals surface area contributed by atoms with Crippen LogP contribution < -0.4 is 5.32 Å². The summed E-state index contributed by atoms with van der Waals surface area (Å²) in [6.07, 6.45) is 5.52. The van der Waals surface area contributed by atoms with Crippen molar-refractivity contribution in [1.29, 1.82) is 0 Å². The van der Waals surface area contributed by atoms with Gasteiger partial charge < -0.3 is 10.2 Å². The number of rotatable bonds is 5. The van der Waals surface area contributed by atoms with Crippen LogP contribution in [0.2, 0.25) is 0 Å². The number of hydrogen-bond acceptors (Lipinski definition) is 2. The third-order valence-corrected chi connectivity index (χ3v) is 5.06. The Balaban J connectivity index is 1.64. The van der Waals surface area contributed by atoms with Crippen LogP contribution in [0.4, 0.5) is 0 Å². The van der Waals surface area contributed by atoms with Crippen LogP contribution >= 0.6 is 0 Å². The summed E-state index contributed by atoms with van der Waals surface area (Å²) in [6, 6.07) is 12.2. The van der Waals surface area contributed by atoms with Crippen molar-refractivity contribution in [2.75, 3.05) is 20.1 Å². The van der Waals surface area contributed by atoms with Crippen molar-refractivity contribution in [1.82, 2.24) is 10.2 Å². The van der Waals surface area contributed by atoms with Crippen LogP contribution in [0.3, 0.4) is 0 Å². The van der Waals surface area contributed by atoms with Crippen LogP contribution in [0.25, 0.3) is 0 Å². The maximum absolute atomic E-state index is 3.96. The average molecular weight is 272 g/mol. The molecular formula is C18H28N2. The van der Waals surface area contributed by atoms with Crippen molar-refractivity contribution >= 4 is 0 Å². The zero-order chi connectivity index (χ0) is 13.9. The molecule has 3 atom stereocenters. The number of benzene rings is 1. The Morgan fingerprint density at radius 2 is 1.85 bits per heavy atom. The zero-order valence-electron chi connectivity index (χ0n) is 12.9. The van der Waals surface area contributed by atoms with Crippen molar-refractivity contribution < 1.29 is 0 Å². The molecule has 2 fully saturated rings. The van der Waals surface area contributed by atoms with E-state index in [1.165, 1.54) is 44.3 Å². The maximum atomic E-state index is 3.96. The quantitative estimate of drug-likeness (QED) is 0.883. The van der Waals surface area contributed by atoms with Crippen LogP contribution in [0, 0.1) is 11.8 Å². The Morgan fingerprint density at radius 1 is 1.10 bits per heavy atom. The Morgan fingerprint density at radius 3 is 2.50 bits per heavy atom.